The average Bonchev–Trinajstić information content (AvgIpc) is 3.28. The molecular weight excluding hydrogens is 568 g/mol. The van der Waals surface area contributed by atoms with Gasteiger partial charge in [-0.1, -0.05) is 40.5 Å². The van der Waals surface area contributed by atoms with E-state index in [1.807, 2.05) is 0 Å². The molecule has 4 aromatic rings. The van der Waals surface area contributed by atoms with E-state index in [1.54, 1.807) is 18.2 Å². The molecule has 5 rings (SSSR count). The van der Waals surface area contributed by atoms with Crippen LogP contribution in [0.2, 0.25) is 10.0 Å². The van der Waals surface area contributed by atoms with E-state index in [9.17, 15) is 26.4 Å². The molecule has 1 fully saturated rings. The zero-order valence-corrected chi connectivity index (χ0v) is 21.7. The number of alkyl halides is 3. The molecule has 0 radical (unpaired) electrons. The van der Waals surface area contributed by atoms with Gasteiger partial charge in [0, 0.05) is 29.1 Å². The highest BCUT2D eigenvalue weighted by atomic mass is 35.5. The summed E-state index contributed by atoms with van der Waals surface area (Å²) >= 11 is 12.2. The summed E-state index contributed by atoms with van der Waals surface area (Å²) in [7, 11) is -4.14. The summed E-state index contributed by atoms with van der Waals surface area (Å²) < 4.78 is 67.8. The molecule has 0 atom stereocenters. The van der Waals surface area contributed by atoms with E-state index in [0.717, 1.165) is 22.5 Å². The highest BCUT2D eigenvalue weighted by molar-refractivity contribution is 7.89. The highest BCUT2D eigenvalue weighted by Crippen LogP contribution is 2.33. The Balaban J connectivity index is 1.36. The second kappa shape index (κ2) is 9.95. The third-order valence-electron chi connectivity index (χ3n) is 6.37. The van der Waals surface area contributed by atoms with Gasteiger partial charge in [0.2, 0.25) is 10.0 Å². The molecule has 1 aliphatic heterocycles. The molecule has 3 heterocycles. The predicted octanol–water partition coefficient (Wildman–Crippen LogP) is 4.46. The van der Waals surface area contributed by atoms with Crippen LogP contribution in [0.3, 0.4) is 0 Å². The minimum atomic E-state index is -4.66. The Kier molecular flexibility index (Phi) is 6.97. The van der Waals surface area contributed by atoms with Gasteiger partial charge >= 0.3 is 6.18 Å². The number of halogens is 5. The van der Waals surface area contributed by atoms with Crippen molar-refractivity contribution in [2.24, 2.45) is 0 Å². The van der Waals surface area contributed by atoms with Gasteiger partial charge in [0.1, 0.15) is 5.82 Å². The standard InChI is InChI=1S/C23H19Cl2F3N6O3S/c24-16-5-4-14(18(25)11-16)12-34-21-19(31-32-34)22(35)30-20(29-21)13-6-8-33(9-7-13)38(36,37)17-3-1-2-15(10-17)23(26,27)28/h1-5,10-11,13H,6-9,12H2,(H,29,30,35). The Bertz CT molecular complexity index is 1680. The second-order valence-electron chi connectivity index (χ2n) is 8.81. The van der Waals surface area contributed by atoms with E-state index in [2.05, 4.69) is 20.3 Å². The van der Waals surface area contributed by atoms with Gasteiger partial charge < -0.3 is 4.98 Å². The Labute approximate surface area is 224 Å². The van der Waals surface area contributed by atoms with Crippen LogP contribution in [0.15, 0.2) is 52.2 Å². The lowest BCUT2D eigenvalue weighted by Gasteiger charge is -2.30. The Morgan fingerprint density at radius 3 is 2.50 bits per heavy atom. The fourth-order valence-electron chi connectivity index (χ4n) is 4.35. The van der Waals surface area contributed by atoms with E-state index in [0.29, 0.717) is 40.3 Å². The molecule has 200 valence electrons. The van der Waals surface area contributed by atoms with Crippen LogP contribution in [-0.4, -0.2) is 50.8 Å². The molecule has 0 saturated carbocycles. The van der Waals surface area contributed by atoms with E-state index < -0.39 is 32.2 Å². The first-order valence-corrected chi connectivity index (χ1v) is 13.6. The van der Waals surface area contributed by atoms with E-state index in [1.165, 1.54) is 4.68 Å². The maximum absolute atomic E-state index is 13.1. The van der Waals surface area contributed by atoms with Gasteiger partial charge in [-0.25, -0.2) is 18.1 Å². The smallest absolute Gasteiger partial charge is 0.308 e. The summed E-state index contributed by atoms with van der Waals surface area (Å²) in [6.45, 7) is 0.280. The number of aromatic nitrogens is 5. The van der Waals surface area contributed by atoms with Crippen molar-refractivity contribution in [1.29, 1.82) is 0 Å². The summed E-state index contributed by atoms with van der Waals surface area (Å²) in [4.78, 5) is 19.5. The van der Waals surface area contributed by atoms with Gasteiger partial charge in [-0.3, -0.25) is 4.79 Å². The van der Waals surface area contributed by atoms with Crippen molar-refractivity contribution in [2.45, 2.75) is 36.4 Å². The maximum atomic E-state index is 13.1. The quantitative estimate of drug-likeness (QED) is 0.369. The largest absolute Gasteiger partial charge is 0.416 e. The number of H-pyrrole nitrogens is 1. The monoisotopic (exact) mass is 586 g/mol. The first kappa shape index (κ1) is 26.6. The van der Waals surface area contributed by atoms with Crippen molar-refractivity contribution in [1.82, 2.24) is 29.3 Å². The third kappa shape index (κ3) is 5.15. The molecule has 2 aromatic heterocycles. The number of piperidine rings is 1. The van der Waals surface area contributed by atoms with Crippen LogP contribution >= 0.6 is 23.2 Å². The summed E-state index contributed by atoms with van der Waals surface area (Å²) in [6, 6.07) is 8.66. The number of rotatable bonds is 5. The van der Waals surface area contributed by atoms with Crippen molar-refractivity contribution in [3.05, 3.63) is 79.8 Å². The number of benzene rings is 2. The number of sulfonamides is 1. The van der Waals surface area contributed by atoms with Crippen molar-refractivity contribution in [3.63, 3.8) is 0 Å². The average molecular weight is 587 g/mol. The van der Waals surface area contributed by atoms with Gasteiger partial charge in [-0.15, -0.1) is 5.10 Å². The van der Waals surface area contributed by atoms with Gasteiger partial charge in [0.05, 0.1) is 17.0 Å². The van der Waals surface area contributed by atoms with E-state index >= 15 is 0 Å². The van der Waals surface area contributed by atoms with Crippen LogP contribution < -0.4 is 5.56 Å². The van der Waals surface area contributed by atoms with Crippen LogP contribution in [0.5, 0.6) is 0 Å². The van der Waals surface area contributed by atoms with E-state index in [4.69, 9.17) is 23.2 Å². The topological polar surface area (TPSA) is 114 Å². The zero-order chi connectivity index (χ0) is 27.2. The van der Waals surface area contributed by atoms with Crippen LogP contribution in [-0.2, 0) is 22.7 Å². The molecule has 1 N–H and O–H groups in total. The summed E-state index contributed by atoms with van der Waals surface area (Å²) in [6.07, 6.45) is -4.05. The first-order chi connectivity index (χ1) is 17.9. The molecule has 15 heteroatoms. The summed E-state index contributed by atoms with van der Waals surface area (Å²) in [5, 5.41) is 8.84. The second-order valence-corrected chi connectivity index (χ2v) is 11.6. The minimum absolute atomic E-state index is 0.0445. The number of hydrogen-bond donors (Lipinski definition) is 1. The van der Waals surface area contributed by atoms with E-state index in [-0.39, 0.29) is 36.7 Å². The summed E-state index contributed by atoms with van der Waals surface area (Å²) in [5.74, 6) is 0.0619. The number of nitrogens with one attached hydrogen (secondary N) is 1. The fraction of sp³-hybridized carbons (Fsp3) is 0.304. The third-order valence-corrected chi connectivity index (χ3v) is 8.85. The lowest BCUT2D eigenvalue weighted by Crippen LogP contribution is -2.38. The molecule has 0 aliphatic carbocycles. The molecule has 0 spiro atoms. The van der Waals surface area contributed by atoms with Crippen molar-refractivity contribution >= 4 is 44.4 Å². The molecule has 2 aromatic carbocycles. The van der Waals surface area contributed by atoms with Crippen LogP contribution in [0.4, 0.5) is 13.2 Å². The molecule has 9 nitrogen and oxygen atoms in total. The minimum Gasteiger partial charge on any atom is -0.308 e. The molecule has 1 saturated heterocycles. The van der Waals surface area contributed by atoms with Crippen LogP contribution in [0, 0.1) is 0 Å². The van der Waals surface area contributed by atoms with Crippen molar-refractivity contribution < 1.29 is 21.6 Å². The number of aromatic amines is 1. The van der Waals surface area contributed by atoms with Crippen LogP contribution in [0.1, 0.15) is 35.7 Å². The van der Waals surface area contributed by atoms with Crippen molar-refractivity contribution in [2.75, 3.05) is 13.1 Å². The SMILES string of the molecule is O=c1[nH]c(C2CCN(S(=O)(=O)c3cccc(C(F)(F)F)c3)CC2)nc2c1nnn2Cc1ccc(Cl)cc1Cl. The maximum Gasteiger partial charge on any atom is 0.416 e. The van der Waals surface area contributed by atoms with Gasteiger partial charge in [0.15, 0.2) is 11.2 Å². The molecule has 1 aliphatic rings. The summed E-state index contributed by atoms with van der Waals surface area (Å²) in [5.41, 5.74) is -0.539. The fourth-order valence-corrected chi connectivity index (χ4v) is 6.33. The molecule has 0 unspecified atom stereocenters. The first-order valence-electron chi connectivity index (χ1n) is 11.4. The lowest BCUT2D eigenvalue weighted by atomic mass is 9.97. The normalized spacial score (nSPS) is 15.8. The lowest BCUT2D eigenvalue weighted by molar-refractivity contribution is -0.137. The molecule has 0 bridgehead atoms. The zero-order valence-electron chi connectivity index (χ0n) is 19.4. The Morgan fingerprint density at radius 2 is 1.82 bits per heavy atom. The molecular formula is C23H19Cl2F3N6O3S. The van der Waals surface area contributed by atoms with Crippen molar-refractivity contribution in [3.8, 4) is 0 Å². The van der Waals surface area contributed by atoms with Gasteiger partial charge in [-0.2, -0.15) is 17.5 Å². The van der Waals surface area contributed by atoms with Crippen LogP contribution in [0.25, 0.3) is 11.2 Å². The number of fused-ring (bicyclic) bond motifs is 1. The predicted molar refractivity (Wildman–Crippen MR) is 134 cm³/mol. The Hall–Kier alpha value is -3.00. The van der Waals surface area contributed by atoms with Gasteiger partial charge in [-0.05, 0) is 48.7 Å². The number of hydrogen-bond acceptors (Lipinski definition) is 6. The van der Waals surface area contributed by atoms with Gasteiger partial charge in [0.25, 0.3) is 5.56 Å². The Morgan fingerprint density at radius 1 is 1.08 bits per heavy atom. The number of nitrogens with zero attached hydrogens (tertiary/aromatic N) is 5. The molecule has 38 heavy (non-hydrogen) atoms. The molecule has 0 amide bonds. The highest BCUT2D eigenvalue weighted by Gasteiger charge is 2.35.